The maximum absolute atomic E-state index is 11.7. The predicted octanol–water partition coefficient (Wildman–Crippen LogP) is 8.86. The number of hydrogen-bond donors (Lipinski definition) is 0. The lowest BCUT2D eigenvalue weighted by molar-refractivity contribution is -0.145. The molecule has 0 aliphatic carbocycles. The highest BCUT2D eigenvalue weighted by atomic mass is 16.6. The van der Waals surface area contributed by atoms with Crippen molar-refractivity contribution in [1.82, 2.24) is 0 Å². The van der Waals surface area contributed by atoms with Crippen LogP contribution in [0.3, 0.4) is 0 Å². The van der Waals surface area contributed by atoms with Gasteiger partial charge in [0.1, 0.15) is 6.61 Å². The molecule has 0 N–H and O–H groups in total. The summed E-state index contributed by atoms with van der Waals surface area (Å²) in [5, 5.41) is 0. The van der Waals surface area contributed by atoms with Gasteiger partial charge in [0, 0.05) is 13.0 Å². The zero-order valence-corrected chi connectivity index (χ0v) is 29.8. The molecule has 0 aromatic carbocycles. The standard InChI is InChI=1S/C37H74O8/c1-3-5-7-9-11-12-13-14-15-16-17-18-20-22-24-39-25-26-40-27-28-41-29-30-42-31-32-43-33-34-44-35-36-45-37(38)23-21-19-10-8-6-4-2/h3-36H2,1-2H3. The van der Waals surface area contributed by atoms with Gasteiger partial charge in [0.25, 0.3) is 0 Å². The van der Waals surface area contributed by atoms with E-state index in [0.29, 0.717) is 85.7 Å². The Bertz CT molecular complexity index is 549. The molecular weight excluding hydrogens is 572 g/mol. The minimum Gasteiger partial charge on any atom is -0.463 e. The zero-order chi connectivity index (χ0) is 32.6. The summed E-state index contributed by atoms with van der Waals surface area (Å²) in [4.78, 5) is 11.7. The van der Waals surface area contributed by atoms with Gasteiger partial charge in [-0.3, -0.25) is 4.79 Å². The van der Waals surface area contributed by atoms with Crippen LogP contribution in [0.1, 0.15) is 149 Å². The molecule has 0 atom stereocenters. The molecular formula is C37H74O8. The summed E-state index contributed by atoms with van der Waals surface area (Å²) in [5.41, 5.74) is 0. The summed E-state index contributed by atoms with van der Waals surface area (Å²) in [6.07, 6.45) is 26.8. The van der Waals surface area contributed by atoms with Gasteiger partial charge < -0.3 is 33.2 Å². The summed E-state index contributed by atoms with van der Waals surface area (Å²) in [7, 11) is 0. The van der Waals surface area contributed by atoms with Gasteiger partial charge in [-0.05, 0) is 12.8 Å². The van der Waals surface area contributed by atoms with E-state index >= 15 is 0 Å². The van der Waals surface area contributed by atoms with Crippen molar-refractivity contribution in [1.29, 1.82) is 0 Å². The normalized spacial score (nSPS) is 11.4. The SMILES string of the molecule is CCCCCCCCCCCCCCCCOCCOCCOCCOCCOCCOCCOC(=O)CCCCCCCC. The highest BCUT2D eigenvalue weighted by molar-refractivity contribution is 5.69. The molecule has 0 fully saturated rings. The van der Waals surface area contributed by atoms with E-state index in [1.807, 2.05) is 0 Å². The fourth-order valence-electron chi connectivity index (χ4n) is 4.94. The topological polar surface area (TPSA) is 81.7 Å². The largest absolute Gasteiger partial charge is 0.463 e. The van der Waals surface area contributed by atoms with E-state index in [-0.39, 0.29) is 5.97 Å². The Hall–Kier alpha value is -0.770. The van der Waals surface area contributed by atoms with Crippen LogP contribution in [0.4, 0.5) is 0 Å². The van der Waals surface area contributed by atoms with Gasteiger partial charge in [0.15, 0.2) is 0 Å². The van der Waals surface area contributed by atoms with Crippen LogP contribution in [0.25, 0.3) is 0 Å². The molecule has 0 aliphatic heterocycles. The summed E-state index contributed by atoms with van der Waals surface area (Å²) < 4.78 is 38.4. The number of hydrogen-bond acceptors (Lipinski definition) is 8. The minimum absolute atomic E-state index is 0.130. The van der Waals surface area contributed by atoms with Gasteiger partial charge in [-0.2, -0.15) is 0 Å². The zero-order valence-electron chi connectivity index (χ0n) is 29.8. The Morgan fingerprint density at radius 1 is 0.311 bits per heavy atom. The van der Waals surface area contributed by atoms with Crippen molar-refractivity contribution >= 4 is 5.97 Å². The number of rotatable bonds is 40. The first-order chi connectivity index (χ1) is 22.3. The Balaban J connectivity index is 3.09. The first kappa shape index (κ1) is 44.2. The average Bonchev–Trinajstić information content (AvgIpc) is 3.05. The molecule has 8 nitrogen and oxygen atoms in total. The molecule has 0 spiro atoms. The molecule has 0 unspecified atom stereocenters. The number of esters is 1. The maximum atomic E-state index is 11.7. The number of carbonyl (C=O) groups is 1. The van der Waals surface area contributed by atoms with Crippen molar-refractivity contribution in [2.24, 2.45) is 0 Å². The first-order valence-corrected chi connectivity index (χ1v) is 18.9. The smallest absolute Gasteiger partial charge is 0.305 e. The second-order valence-corrected chi connectivity index (χ2v) is 12.0. The molecule has 270 valence electrons. The summed E-state index contributed by atoms with van der Waals surface area (Å²) in [5.74, 6) is -0.130. The molecule has 0 heterocycles. The van der Waals surface area contributed by atoms with E-state index in [9.17, 15) is 4.79 Å². The fraction of sp³-hybridized carbons (Fsp3) is 0.973. The van der Waals surface area contributed by atoms with E-state index in [1.54, 1.807) is 0 Å². The van der Waals surface area contributed by atoms with Crippen LogP contribution < -0.4 is 0 Å². The van der Waals surface area contributed by atoms with Gasteiger partial charge >= 0.3 is 5.97 Å². The molecule has 0 aliphatic rings. The third kappa shape index (κ3) is 41.2. The van der Waals surface area contributed by atoms with Crippen molar-refractivity contribution in [3.63, 3.8) is 0 Å². The molecule has 0 bridgehead atoms. The second-order valence-electron chi connectivity index (χ2n) is 12.0. The lowest BCUT2D eigenvalue weighted by atomic mass is 10.0. The summed E-state index contributed by atoms with van der Waals surface area (Å²) >= 11 is 0. The lowest BCUT2D eigenvalue weighted by Crippen LogP contribution is -2.15. The third-order valence-electron chi connectivity index (χ3n) is 7.73. The number of unbranched alkanes of at least 4 members (excludes halogenated alkanes) is 18. The third-order valence-corrected chi connectivity index (χ3v) is 7.73. The van der Waals surface area contributed by atoms with Gasteiger partial charge in [0.05, 0.1) is 72.7 Å². The number of carbonyl (C=O) groups excluding carboxylic acids is 1. The van der Waals surface area contributed by atoms with Crippen molar-refractivity contribution in [3.8, 4) is 0 Å². The van der Waals surface area contributed by atoms with E-state index in [0.717, 1.165) is 25.9 Å². The van der Waals surface area contributed by atoms with Gasteiger partial charge in [-0.1, -0.05) is 129 Å². The second kappa shape index (κ2) is 41.3. The van der Waals surface area contributed by atoms with Crippen LogP contribution >= 0.6 is 0 Å². The van der Waals surface area contributed by atoms with Crippen LogP contribution in [0.5, 0.6) is 0 Å². The molecule has 0 aromatic rings. The maximum Gasteiger partial charge on any atom is 0.305 e. The molecule has 0 radical (unpaired) electrons. The van der Waals surface area contributed by atoms with Gasteiger partial charge in [-0.25, -0.2) is 0 Å². The minimum atomic E-state index is -0.130. The Kier molecular flexibility index (Phi) is 40.5. The molecule has 8 heteroatoms. The quantitative estimate of drug-likeness (QED) is 0.0482. The monoisotopic (exact) mass is 647 g/mol. The molecule has 0 amide bonds. The van der Waals surface area contributed by atoms with Crippen LogP contribution in [0.2, 0.25) is 0 Å². The number of ether oxygens (including phenoxy) is 7. The van der Waals surface area contributed by atoms with Gasteiger partial charge in [0.2, 0.25) is 0 Å². The van der Waals surface area contributed by atoms with Crippen LogP contribution in [0, 0.1) is 0 Å². The lowest BCUT2D eigenvalue weighted by Gasteiger charge is -2.08. The summed E-state index contributed by atoms with van der Waals surface area (Å²) in [6, 6.07) is 0. The Morgan fingerprint density at radius 2 is 0.578 bits per heavy atom. The van der Waals surface area contributed by atoms with Crippen LogP contribution in [0.15, 0.2) is 0 Å². The Labute approximate surface area is 278 Å². The Morgan fingerprint density at radius 3 is 0.933 bits per heavy atom. The molecule has 0 rings (SSSR count). The van der Waals surface area contributed by atoms with Crippen molar-refractivity contribution in [2.45, 2.75) is 149 Å². The summed E-state index contributed by atoms with van der Waals surface area (Å²) in [6.45, 7) is 11.5. The van der Waals surface area contributed by atoms with Crippen molar-refractivity contribution in [3.05, 3.63) is 0 Å². The molecule has 45 heavy (non-hydrogen) atoms. The molecule has 0 saturated heterocycles. The van der Waals surface area contributed by atoms with E-state index in [2.05, 4.69) is 13.8 Å². The van der Waals surface area contributed by atoms with Gasteiger partial charge in [-0.15, -0.1) is 0 Å². The first-order valence-electron chi connectivity index (χ1n) is 18.9. The van der Waals surface area contributed by atoms with E-state index in [1.165, 1.54) is 109 Å². The fourth-order valence-corrected chi connectivity index (χ4v) is 4.94. The van der Waals surface area contributed by atoms with Crippen molar-refractivity contribution in [2.75, 3.05) is 85.9 Å². The highest BCUT2D eigenvalue weighted by Crippen LogP contribution is 2.13. The molecule has 0 saturated carbocycles. The van der Waals surface area contributed by atoms with E-state index < -0.39 is 0 Å². The molecule has 0 aromatic heterocycles. The van der Waals surface area contributed by atoms with E-state index in [4.69, 9.17) is 33.2 Å². The van der Waals surface area contributed by atoms with Crippen molar-refractivity contribution < 1.29 is 38.0 Å². The van der Waals surface area contributed by atoms with Crippen LogP contribution in [-0.2, 0) is 38.0 Å². The average molecular weight is 647 g/mol. The highest BCUT2D eigenvalue weighted by Gasteiger charge is 2.02. The van der Waals surface area contributed by atoms with Crippen LogP contribution in [-0.4, -0.2) is 91.9 Å². The predicted molar refractivity (Wildman–Crippen MR) is 184 cm³/mol.